The molecule has 0 amide bonds. The molecule has 2 heteroatoms. The highest BCUT2D eigenvalue weighted by molar-refractivity contribution is 6.15. The maximum Gasteiger partial charge on any atom is 0.143 e. The van der Waals surface area contributed by atoms with Crippen molar-refractivity contribution < 1.29 is 4.42 Å². The van der Waals surface area contributed by atoms with Gasteiger partial charge in [0.15, 0.2) is 0 Å². The lowest BCUT2D eigenvalue weighted by atomic mass is 9.92. The van der Waals surface area contributed by atoms with E-state index in [0.29, 0.717) is 5.92 Å². The highest BCUT2D eigenvalue weighted by atomic mass is 16.3. The van der Waals surface area contributed by atoms with Crippen LogP contribution in [0.5, 0.6) is 0 Å². The van der Waals surface area contributed by atoms with Gasteiger partial charge in [-0.1, -0.05) is 109 Å². The van der Waals surface area contributed by atoms with Gasteiger partial charge in [-0.15, -0.1) is 0 Å². The van der Waals surface area contributed by atoms with E-state index in [-0.39, 0.29) is 0 Å². The zero-order valence-corrected chi connectivity index (χ0v) is 23.2. The number of hydrogen-bond acceptors (Lipinski definition) is 2. The molecule has 0 N–H and O–H groups in total. The molecule has 0 bridgehead atoms. The van der Waals surface area contributed by atoms with Crippen molar-refractivity contribution in [1.82, 2.24) is 0 Å². The van der Waals surface area contributed by atoms with Gasteiger partial charge >= 0.3 is 0 Å². The van der Waals surface area contributed by atoms with Crippen LogP contribution in [0.3, 0.4) is 0 Å². The Kier molecular flexibility index (Phi) is 5.97. The molecular formula is C40H29NO. The van der Waals surface area contributed by atoms with Crippen molar-refractivity contribution in [3.8, 4) is 11.1 Å². The second kappa shape index (κ2) is 10.2. The van der Waals surface area contributed by atoms with Crippen LogP contribution in [0.1, 0.15) is 17.9 Å². The molecule has 0 aliphatic heterocycles. The van der Waals surface area contributed by atoms with Crippen LogP contribution in [0, 0.1) is 0 Å². The van der Waals surface area contributed by atoms with Crippen LogP contribution in [0.2, 0.25) is 0 Å². The van der Waals surface area contributed by atoms with Gasteiger partial charge < -0.3 is 9.32 Å². The quantitative estimate of drug-likeness (QED) is 0.216. The van der Waals surface area contributed by atoms with E-state index in [9.17, 15) is 0 Å². The number of fused-ring (bicyclic) bond motifs is 5. The number of furan rings is 1. The van der Waals surface area contributed by atoms with E-state index >= 15 is 0 Å². The Balaban J connectivity index is 1.25. The van der Waals surface area contributed by atoms with E-state index in [1.54, 1.807) is 0 Å². The SMILES string of the molecule is C1=CCC(c2ccc(N(c3ccc(-c4ccccc4)cc3)c3ccc4c(c3)oc3c5ccccc5ccc43)cc2)C=C1. The molecule has 1 heterocycles. The fraction of sp³-hybridized carbons (Fsp3) is 0.0500. The van der Waals surface area contributed by atoms with Crippen molar-refractivity contribution in [3.63, 3.8) is 0 Å². The average Bonchev–Trinajstić information content (AvgIpc) is 3.45. The first-order valence-corrected chi connectivity index (χ1v) is 14.5. The molecule has 1 aliphatic rings. The molecule has 7 aromatic rings. The highest BCUT2D eigenvalue weighted by Gasteiger charge is 2.17. The molecule has 0 saturated heterocycles. The number of hydrogen-bond donors (Lipinski definition) is 0. The first-order chi connectivity index (χ1) is 20.8. The van der Waals surface area contributed by atoms with Crippen LogP contribution in [-0.2, 0) is 0 Å². The average molecular weight is 540 g/mol. The molecule has 0 saturated carbocycles. The second-order valence-electron chi connectivity index (χ2n) is 10.9. The summed E-state index contributed by atoms with van der Waals surface area (Å²) in [6, 6.07) is 47.7. The molecule has 42 heavy (non-hydrogen) atoms. The van der Waals surface area contributed by atoms with Gasteiger partial charge in [0.05, 0.1) is 0 Å². The van der Waals surface area contributed by atoms with Crippen molar-refractivity contribution in [1.29, 1.82) is 0 Å². The Bertz CT molecular complexity index is 2100. The summed E-state index contributed by atoms with van der Waals surface area (Å²) in [5.41, 5.74) is 8.85. The molecule has 1 unspecified atom stereocenters. The van der Waals surface area contributed by atoms with Gasteiger partial charge in [0.25, 0.3) is 0 Å². The standard InChI is InChI=1S/C40H29NO/c1-3-9-28(10-4-1)30-15-20-33(21-16-30)41(34-22-17-31(18-23-34)29-11-5-2-6-12-29)35-24-26-37-38-25-19-32-13-7-8-14-36(32)40(38)42-39(37)27-35/h1-11,13-27,29H,12H2. The fourth-order valence-corrected chi connectivity index (χ4v) is 6.21. The van der Waals surface area contributed by atoms with Crippen LogP contribution in [0.4, 0.5) is 17.1 Å². The summed E-state index contributed by atoms with van der Waals surface area (Å²) >= 11 is 0. The van der Waals surface area contributed by atoms with Crippen molar-refractivity contribution >= 4 is 49.8 Å². The lowest BCUT2D eigenvalue weighted by Crippen LogP contribution is -2.10. The van der Waals surface area contributed by atoms with Gasteiger partial charge in [-0.2, -0.15) is 0 Å². The third-order valence-electron chi connectivity index (χ3n) is 8.40. The first-order valence-electron chi connectivity index (χ1n) is 14.5. The van der Waals surface area contributed by atoms with E-state index < -0.39 is 0 Å². The number of anilines is 3. The second-order valence-corrected chi connectivity index (χ2v) is 10.9. The summed E-state index contributed by atoms with van der Waals surface area (Å²) in [7, 11) is 0. The summed E-state index contributed by atoms with van der Waals surface area (Å²) in [6.07, 6.45) is 9.84. The highest BCUT2D eigenvalue weighted by Crippen LogP contribution is 2.41. The maximum absolute atomic E-state index is 6.56. The molecular weight excluding hydrogens is 510 g/mol. The Morgan fingerprint density at radius 1 is 0.548 bits per heavy atom. The molecule has 0 radical (unpaired) electrons. The third kappa shape index (κ3) is 4.29. The topological polar surface area (TPSA) is 16.4 Å². The number of benzene rings is 6. The molecule has 0 spiro atoms. The smallest absolute Gasteiger partial charge is 0.143 e. The van der Waals surface area contributed by atoms with E-state index in [4.69, 9.17) is 4.42 Å². The van der Waals surface area contributed by atoms with Crippen LogP contribution < -0.4 is 4.90 Å². The lowest BCUT2D eigenvalue weighted by molar-refractivity contribution is 0.672. The Hall–Kier alpha value is -5.34. The van der Waals surface area contributed by atoms with E-state index in [1.165, 1.54) is 22.1 Å². The number of rotatable bonds is 5. The van der Waals surface area contributed by atoms with Crippen molar-refractivity contribution in [3.05, 3.63) is 163 Å². The molecule has 1 aliphatic carbocycles. The summed E-state index contributed by atoms with van der Waals surface area (Å²) in [5, 5.41) is 4.61. The summed E-state index contributed by atoms with van der Waals surface area (Å²) in [5.74, 6) is 0.421. The zero-order valence-electron chi connectivity index (χ0n) is 23.2. The van der Waals surface area contributed by atoms with Gasteiger partial charge in [0.2, 0.25) is 0 Å². The van der Waals surface area contributed by atoms with Gasteiger partial charge in [0, 0.05) is 45.2 Å². The zero-order chi connectivity index (χ0) is 27.9. The number of nitrogens with zero attached hydrogens (tertiary/aromatic N) is 1. The summed E-state index contributed by atoms with van der Waals surface area (Å²) in [6.45, 7) is 0. The van der Waals surface area contributed by atoms with Crippen molar-refractivity contribution in [2.75, 3.05) is 4.90 Å². The summed E-state index contributed by atoms with van der Waals surface area (Å²) < 4.78 is 6.56. The van der Waals surface area contributed by atoms with E-state index in [1.807, 2.05) is 0 Å². The van der Waals surface area contributed by atoms with E-state index in [0.717, 1.165) is 50.8 Å². The molecule has 0 fully saturated rings. The van der Waals surface area contributed by atoms with Gasteiger partial charge in [-0.3, -0.25) is 0 Å². The predicted molar refractivity (Wildman–Crippen MR) is 177 cm³/mol. The fourth-order valence-electron chi connectivity index (χ4n) is 6.21. The Morgan fingerprint density at radius 3 is 2.02 bits per heavy atom. The minimum Gasteiger partial charge on any atom is -0.455 e. The predicted octanol–water partition coefficient (Wildman–Crippen LogP) is 11.5. The third-order valence-corrected chi connectivity index (χ3v) is 8.40. The maximum atomic E-state index is 6.56. The molecule has 8 rings (SSSR count). The molecule has 1 aromatic heterocycles. The molecule has 1 atom stereocenters. The Labute approximate surface area is 245 Å². The van der Waals surface area contributed by atoms with Crippen LogP contribution in [-0.4, -0.2) is 0 Å². The van der Waals surface area contributed by atoms with Crippen LogP contribution in [0.15, 0.2) is 162 Å². The van der Waals surface area contributed by atoms with Crippen LogP contribution in [0.25, 0.3) is 43.8 Å². The monoisotopic (exact) mass is 539 g/mol. The van der Waals surface area contributed by atoms with Crippen molar-refractivity contribution in [2.24, 2.45) is 0 Å². The number of allylic oxidation sites excluding steroid dienone is 4. The van der Waals surface area contributed by atoms with E-state index in [2.05, 4.69) is 163 Å². The van der Waals surface area contributed by atoms with Gasteiger partial charge in [-0.05, 0) is 71.0 Å². The van der Waals surface area contributed by atoms with Crippen molar-refractivity contribution in [2.45, 2.75) is 12.3 Å². The van der Waals surface area contributed by atoms with Gasteiger partial charge in [0.1, 0.15) is 11.2 Å². The minimum absolute atomic E-state index is 0.421. The first kappa shape index (κ1) is 24.5. The minimum atomic E-state index is 0.421. The summed E-state index contributed by atoms with van der Waals surface area (Å²) in [4.78, 5) is 2.32. The molecule has 6 aromatic carbocycles. The van der Waals surface area contributed by atoms with Crippen LogP contribution >= 0.6 is 0 Å². The van der Waals surface area contributed by atoms with Gasteiger partial charge in [-0.25, -0.2) is 0 Å². The molecule has 200 valence electrons. The Morgan fingerprint density at radius 2 is 1.24 bits per heavy atom. The molecule has 2 nitrogen and oxygen atoms in total. The largest absolute Gasteiger partial charge is 0.455 e. The lowest BCUT2D eigenvalue weighted by Gasteiger charge is -2.26. The normalized spacial score (nSPS) is 14.6.